The summed E-state index contributed by atoms with van der Waals surface area (Å²) in [5.74, 6) is 0.828. The number of hydrogen-bond donors (Lipinski definition) is 0. The molecule has 0 spiro atoms. The molecular formula is C10H13ClN2OS. The third-order valence-corrected chi connectivity index (χ3v) is 2.71. The van der Waals surface area contributed by atoms with E-state index in [1.165, 1.54) is 0 Å². The van der Waals surface area contributed by atoms with Gasteiger partial charge >= 0.3 is 0 Å². The van der Waals surface area contributed by atoms with Crippen molar-refractivity contribution >= 4 is 29.3 Å². The molecular weight excluding hydrogens is 232 g/mol. The van der Waals surface area contributed by atoms with E-state index in [9.17, 15) is 4.79 Å². The number of hydrogen-bond acceptors (Lipinski definition) is 3. The quantitative estimate of drug-likeness (QED) is 0.762. The Balaban J connectivity index is 2.67. The number of aromatic nitrogens is 1. The van der Waals surface area contributed by atoms with Crippen LogP contribution in [0.5, 0.6) is 0 Å². The Labute approximate surface area is 98.8 Å². The van der Waals surface area contributed by atoms with E-state index in [0.29, 0.717) is 17.4 Å². The molecule has 1 aromatic heterocycles. The second kappa shape index (κ2) is 5.98. The van der Waals surface area contributed by atoms with Crippen molar-refractivity contribution in [1.29, 1.82) is 0 Å². The number of carbonyl (C=O) groups excluding carboxylic acids is 1. The van der Waals surface area contributed by atoms with Gasteiger partial charge in [0, 0.05) is 19.3 Å². The Morgan fingerprint density at radius 1 is 1.60 bits per heavy atom. The van der Waals surface area contributed by atoms with Crippen molar-refractivity contribution < 1.29 is 4.79 Å². The normalized spacial score (nSPS) is 10.1. The van der Waals surface area contributed by atoms with E-state index in [0.717, 1.165) is 5.75 Å². The molecule has 0 unspecified atom stereocenters. The van der Waals surface area contributed by atoms with Gasteiger partial charge in [-0.2, -0.15) is 11.8 Å². The van der Waals surface area contributed by atoms with Crippen molar-refractivity contribution in [3.63, 3.8) is 0 Å². The molecule has 0 radical (unpaired) electrons. The molecule has 0 N–H and O–H groups in total. The SMILES string of the molecule is CSCCN(C)C(=O)c1cccc(Cl)n1. The predicted molar refractivity (Wildman–Crippen MR) is 64.6 cm³/mol. The second-order valence-corrected chi connectivity index (χ2v) is 4.44. The van der Waals surface area contributed by atoms with Crippen LogP contribution >= 0.6 is 23.4 Å². The molecule has 1 heterocycles. The number of nitrogens with zero attached hydrogens (tertiary/aromatic N) is 2. The molecule has 0 aliphatic carbocycles. The van der Waals surface area contributed by atoms with E-state index in [2.05, 4.69) is 4.98 Å². The summed E-state index contributed by atoms with van der Waals surface area (Å²) in [6.45, 7) is 0.716. The van der Waals surface area contributed by atoms with Gasteiger partial charge in [0.25, 0.3) is 5.91 Å². The van der Waals surface area contributed by atoms with Crippen LogP contribution in [-0.2, 0) is 0 Å². The van der Waals surface area contributed by atoms with E-state index in [-0.39, 0.29) is 5.91 Å². The smallest absolute Gasteiger partial charge is 0.272 e. The highest BCUT2D eigenvalue weighted by atomic mass is 35.5. The molecule has 0 saturated carbocycles. The summed E-state index contributed by atoms with van der Waals surface area (Å²) in [5, 5.41) is 0.346. The van der Waals surface area contributed by atoms with E-state index >= 15 is 0 Å². The van der Waals surface area contributed by atoms with Gasteiger partial charge in [0.05, 0.1) is 0 Å². The predicted octanol–water partition coefficient (Wildman–Crippen LogP) is 2.17. The molecule has 0 fully saturated rings. The molecule has 0 aromatic carbocycles. The van der Waals surface area contributed by atoms with Gasteiger partial charge in [0.15, 0.2) is 0 Å². The molecule has 1 aromatic rings. The molecule has 0 atom stereocenters. The van der Waals surface area contributed by atoms with Gasteiger partial charge in [-0.3, -0.25) is 4.79 Å². The summed E-state index contributed by atoms with van der Waals surface area (Å²) in [7, 11) is 1.77. The van der Waals surface area contributed by atoms with Gasteiger partial charge in [-0.15, -0.1) is 0 Å². The number of rotatable bonds is 4. The van der Waals surface area contributed by atoms with Crippen molar-refractivity contribution in [3.05, 3.63) is 29.0 Å². The van der Waals surface area contributed by atoms with Crippen LogP contribution in [0.1, 0.15) is 10.5 Å². The first kappa shape index (κ1) is 12.3. The lowest BCUT2D eigenvalue weighted by Crippen LogP contribution is -2.29. The summed E-state index contributed by atoms with van der Waals surface area (Å²) < 4.78 is 0. The Kier molecular flexibility index (Phi) is 4.91. The van der Waals surface area contributed by atoms with Crippen LogP contribution in [-0.4, -0.2) is 41.4 Å². The van der Waals surface area contributed by atoms with E-state index in [1.54, 1.807) is 41.9 Å². The first-order valence-corrected chi connectivity index (χ1v) is 6.29. The molecule has 82 valence electrons. The molecule has 1 rings (SSSR count). The standard InChI is InChI=1S/C10H13ClN2OS/c1-13(6-7-15-2)10(14)8-4-3-5-9(11)12-8/h3-5H,6-7H2,1-2H3. The molecule has 0 aliphatic heterocycles. The zero-order valence-corrected chi connectivity index (χ0v) is 10.3. The molecule has 5 heteroatoms. The molecule has 3 nitrogen and oxygen atoms in total. The minimum atomic E-state index is -0.0912. The Bertz CT molecular complexity index is 346. The number of amides is 1. The van der Waals surface area contributed by atoms with E-state index < -0.39 is 0 Å². The maximum atomic E-state index is 11.8. The zero-order valence-electron chi connectivity index (χ0n) is 8.74. The molecule has 15 heavy (non-hydrogen) atoms. The maximum Gasteiger partial charge on any atom is 0.272 e. The summed E-state index contributed by atoms with van der Waals surface area (Å²) >= 11 is 7.42. The number of pyridine rings is 1. The van der Waals surface area contributed by atoms with Crippen LogP contribution in [0.2, 0.25) is 5.15 Å². The fraction of sp³-hybridized carbons (Fsp3) is 0.400. The monoisotopic (exact) mass is 244 g/mol. The molecule has 0 aliphatic rings. The molecule has 0 saturated heterocycles. The highest BCUT2D eigenvalue weighted by Gasteiger charge is 2.12. The highest BCUT2D eigenvalue weighted by Crippen LogP contribution is 2.07. The maximum absolute atomic E-state index is 11.8. The average Bonchev–Trinajstić information content (AvgIpc) is 2.24. The second-order valence-electron chi connectivity index (χ2n) is 3.07. The lowest BCUT2D eigenvalue weighted by Gasteiger charge is -2.15. The highest BCUT2D eigenvalue weighted by molar-refractivity contribution is 7.98. The first-order valence-electron chi connectivity index (χ1n) is 4.52. The summed E-state index contributed by atoms with van der Waals surface area (Å²) in [5.41, 5.74) is 0.395. The van der Waals surface area contributed by atoms with Gasteiger partial charge in [0.1, 0.15) is 10.8 Å². The van der Waals surface area contributed by atoms with Gasteiger partial charge in [-0.1, -0.05) is 17.7 Å². The summed E-state index contributed by atoms with van der Waals surface area (Å²) in [4.78, 5) is 17.4. The third-order valence-electron chi connectivity index (χ3n) is 1.91. The van der Waals surface area contributed by atoms with Crippen LogP contribution in [0.15, 0.2) is 18.2 Å². The van der Waals surface area contributed by atoms with Crippen molar-refractivity contribution in [2.75, 3.05) is 25.6 Å². The lowest BCUT2D eigenvalue weighted by molar-refractivity contribution is 0.0798. The van der Waals surface area contributed by atoms with Crippen molar-refractivity contribution in [2.24, 2.45) is 0 Å². The van der Waals surface area contributed by atoms with Crippen LogP contribution in [0.4, 0.5) is 0 Å². The average molecular weight is 245 g/mol. The van der Waals surface area contributed by atoms with Gasteiger partial charge in [-0.25, -0.2) is 4.98 Å². The summed E-state index contributed by atoms with van der Waals surface area (Å²) in [6.07, 6.45) is 2.01. The fourth-order valence-corrected chi connectivity index (χ4v) is 1.67. The topological polar surface area (TPSA) is 33.2 Å². The zero-order chi connectivity index (χ0) is 11.3. The minimum absolute atomic E-state index is 0.0912. The molecule has 0 bridgehead atoms. The largest absolute Gasteiger partial charge is 0.340 e. The first-order chi connectivity index (χ1) is 7.15. The van der Waals surface area contributed by atoms with Crippen LogP contribution in [0.25, 0.3) is 0 Å². The van der Waals surface area contributed by atoms with E-state index in [4.69, 9.17) is 11.6 Å². The Hall–Kier alpha value is -0.740. The van der Waals surface area contributed by atoms with Crippen LogP contribution in [0, 0.1) is 0 Å². The number of carbonyl (C=O) groups is 1. The fourth-order valence-electron chi connectivity index (χ4n) is 1.05. The van der Waals surface area contributed by atoms with E-state index in [1.807, 2.05) is 6.26 Å². The van der Waals surface area contributed by atoms with Crippen LogP contribution in [0.3, 0.4) is 0 Å². The minimum Gasteiger partial charge on any atom is -0.340 e. The van der Waals surface area contributed by atoms with Crippen molar-refractivity contribution in [1.82, 2.24) is 9.88 Å². The molecule has 1 amide bonds. The third kappa shape index (κ3) is 3.72. The number of thioether (sulfide) groups is 1. The van der Waals surface area contributed by atoms with Gasteiger partial charge < -0.3 is 4.90 Å². The van der Waals surface area contributed by atoms with Crippen LogP contribution < -0.4 is 0 Å². The van der Waals surface area contributed by atoms with Gasteiger partial charge in [-0.05, 0) is 18.4 Å². The number of halogens is 1. The Morgan fingerprint density at radius 3 is 2.93 bits per heavy atom. The Morgan fingerprint density at radius 2 is 2.33 bits per heavy atom. The van der Waals surface area contributed by atoms with Gasteiger partial charge in [0.2, 0.25) is 0 Å². The lowest BCUT2D eigenvalue weighted by atomic mass is 10.3. The van der Waals surface area contributed by atoms with Crippen molar-refractivity contribution in [3.8, 4) is 0 Å². The summed E-state index contributed by atoms with van der Waals surface area (Å²) in [6, 6.07) is 5.05. The van der Waals surface area contributed by atoms with Crippen molar-refractivity contribution in [2.45, 2.75) is 0 Å².